The Bertz CT molecular complexity index is 525. The standard InChI is InChI=1S/C14H17F3N2O2/c15-10-3-4-11(14(17)13(10)16)18-12(21)7-19-5-1-2-9(6-19)8-20/h3-4,9,20H,1-2,5-8H2,(H,18,21). The summed E-state index contributed by atoms with van der Waals surface area (Å²) in [5.41, 5.74) is -0.380. The lowest BCUT2D eigenvalue weighted by atomic mass is 9.99. The van der Waals surface area contributed by atoms with Crippen LogP contribution in [0.25, 0.3) is 0 Å². The Morgan fingerprint density at radius 2 is 2.10 bits per heavy atom. The third-order valence-corrected chi connectivity index (χ3v) is 3.54. The van der Waals surface area contributed by atoms with Crippen LogP contribution in [-0.2, 0) is 4.79 Å². The van der Waals surface area contributed by atoms with Crippen molar-refractivity contribution in [3.05, 3.63) is 29.6 Å². The quantitative estimate of drug-likeness (QED) is 0.833. The van der Waals surface area contributed by atoms with E-state index >= 15 is 0 Å². The Hall–Kier alpha value is -1.60. The lowest BCUT2D eigenvalue weighted by Gasteiger charge is -2.31. The number of carbonyl (C=O) groups excluding carboxylic acids is 1. The average Bonchev–Trinajstić information content (AvgIpc) is 2.48. The number of likely N-dealkylation sites (tertiary alicyclic amines) is 1. The number of rotatable bonds is 4. The fourth-order valence-corrected chi connectivity index (χ4v) is 2.46. The number of nitrogens with one attached hydrogen (secondary N) is 1. The van der Waals surface area contributed by atoms with Crippen LogP contribution in [0, 0.1) is 23.4 Å². The molecule has 0 radical (unpaired) electrons. The molecule has 1 aliphatic heterocycles. The van der Waals surface area contributed by atoms with Gasteiger partial charge in [0, 0.05) is 13.2 Å². The average molecular weight is 302 g/mol. The van der Waals surface area contributed by atoms with Crippen LogP contribution in [0.4, 0.5) is 18.9 Å². The molecule has 0 bridgehead atoms. The van der Waals surface area contributed by atoms with Crippen LogP contribution in [-0.4, -0.2) is 42.2 Å². The smallest absolute Gasteiger partial charge is 0.238 e. The summed E-state index contributed by atoms with van der Waals surface area (Å²) in [5, 5.41) is 11.4. The van der Waals surface area contributed by atoms with Gasteiger partial charge in [-0.25, -0.2) is 13.2 Å². The number of carbonyl (C=O) groups is 1. The molecule has 1 amide bonds. The Kier molecular flexibility index (Phi) is 5.19. The number of benzene rings is 1. The van der Waals surface area contributed by atoms with Crippen LogP contribution in [0.1, 0.15) is 12.8 Å². The molecule has 2 N–H and O–H groups in total. The van der Waals surface area contributed by atoms with E-state index in [2.05, 4.69) is 5.32 Å². The van der Waals surface area contributed by atoms with Gasteiger partial charge in [0.05, 0.1) is 12.2 Å². The second-order valence-electron chi connectivity index (χ2n) is 5.20. The summed E-state index contributed by atoms with van der Waals surface area (Å²) in [4.78, 5) is 13.7. The monoisotopic (exact) mass is 302 g/mol. The van der Waals surface area contributed by atoms with Crippen molar-refractivity contribution in [3.63, 3.8) is 0 Å². The van der Waals surface area contributed by atoms with Crippen molar-refractivity contribution >= 4 is 11.6 Å². The number of hydrogen-bond donors (Lipinski definition) is 2. The van der Waals surface area contributed by atoms with Crippen molar-refractivity contribution in [2.24, 2.45) is 5.92 Å². The first-order chi connectivity index (χ1) is 10.0. The number of nitrogens with zero attached hydrogens (tertiary/aromatic N) is 1. The molecule has 1 aliphatic rings. The molecule has 0 spiro atoms. The molecular weight excluding hydrogens is 285 g/mol. The maximum absolute atomic E-state index is 13.4. The first-order valence-electron chi connectivity index (χ1n) is 6.77. The van der Waals surface area contributed by atoms with Crippen LogP contribution >= 0.6 is 0 Å². The van der Waals surface area contributed by atoms with Crippen molar-refractivity contribution in [2.75, 3.05) is 31.6 Å². The Balaban J connectivity index is 1.94. The zero-order chi connectivity index (χ0) is 15.4. The van der Waals surface area contributed by atoms with E-state index < -0.39 is 23.4 Å². The summed E-state index contributed by atoms with van der Waals surface area (Å²) < 4.78 is 39.3. The summed E-state index contributed by atoms with van der Waals surface area (Å²) >= 11 is 0. The van der Waals surface area contributed by atoms with Crippen LogP contribution in [0.15, 0.2) is 12.1 Å². The largest absolute Gasteiger partial charge is 0.396 e. The topological polar surface area (TPSA) is 52.6 Å². The molecule has 0 aliphatic carbocycles. The third kappa shape index (κ3) is 3.95. The number of piperidine rings is 1. The fraction of sp³-hybridized carbons (Fsp3) is 0.500. The summed E-state index contributed by atoms with van der Waals surface area (Å²) in [6.45, 7) is 1.39. The van der Waals surface area contributed by atoms with Crippen molar-refractivity contribution in [1.82, 2.24) is 4.90 Å². The van der Waals surface area contributed by atoms with Gasteiger partial charge in [-0.15, -0.1) is 0 Å². The van der Waals surface area contributed by atoms with Gasteiger partial charge in [0.15, 0.2) is 17.5 Å². The molecule has 1 unspecified atom stereocenters. The van der Waals surface area contributed by atoms with Gasteiger partial charge in [0.1, 0.15) is 0 Å². The van der Waals surface area contributed by atoms with Gasteiger partial charge in [-0.1, -0.05) is 0 Å². The van der Waals surface area contributed by atoms with Crippen LogP contribution in [0.5, 0.6) is 0 Å². The van der Waals surface area contributed by atoms with Gasteiger partial charge in [0.25, 0.3) is 0 Å². The molecule has 1 fully saturated rings. The third-order valence-electron chi connectivity index (χ3n) is 3.54. The molecular formula is C14H17F3N2O2. The molecule has 7 heteroatoms. The van der Waals surface area contributed by atoms with Crippen molar-refractivity contribution in [1.29, 1.82) is 0 Å². The number of halogens is 3. The molecule has 21 heavy (non-hydrogen) atoms. The van der Waals surface area contributed by atoms with E-state index in [1.807, 2.05) is 4.90 Å². The number of hydrogen-bond acceptors (Lipinski definition) is 3. The number of aliphatic hydroxyl groups excluding tert-OH is 1. The zero-order valence-corrected chi connectivity index (χ0v) is 11.4. The minimum Gasteiger partial charge on any atom is -0.396 e. The van der Waals surface area contributed by atoms with Crippen LogP contribution < -0.4 is 5.32 Å². The second kappa shape index (κ2) is 6.91. The lowest BCUT2D eigenvalue weighted by Crippen LogP contribution is -2.41. The normalized spacial score (nSPS) is 19.5. The Morgan fingerprint density at radius 3 is 2.81 bits per heavy atom. The maximum Gasteiger partial charge on any atom is 0.238 e. The van der Waals surface area contributed by atoms with E-state index in [4.69, 9.17) is 5.11 Å². The first kappa shape index (κ1) is 15.8. The molecule has 1 aromatic carbocycles. The molecule has 1 heterocycles. The molecule has 1 aromatic rings. The van der Waals surface area contributed by atoms with Gasteiger partial charge in [-0.3, -0.25) is 9.69 Å². The highest BCUT2D eigenvalue weighted by Gasteiger charge is 2.22. The highest BCUT2D eigenvalue weighted by molar-refractivity contribution is 5.92. The van der Waals surface area contributed by atoms with E-state index in [9.17, 15) is 18.0 Å². The first-order valence-corrected chi connectivity index (χ1v) is 6.77. The summed E-state index contributed by atoms with van der Waals surface area (Å²) in [6, 6.07) is 1.75. The molecule has 0 saturated carbocycles. The van der Waals surface area contributed by atoms with Gasteiger partial charge in [0.2, 0.25) is 5.91 Å². The SMILES string of the molecule is O=C(CN1CCCC(CO)C1)Nc1ccc(F)c(F)c1F. The van der Waals surface area contributed by atoms with Crippen LogP contribution in [0.3, 0.4) is 0 Å². The van der Waals surface area contributed by atoms with E-state index in [0.29, 0.717) is 13.1 Å². The minimum absolute atomic E-state index is 0.0228. The van der Waals surface area contributed by atoms with Gasteiger partial charge >= 0.3 is 0 Å². The Labute approximate surface area is 120 Å². The molecule has 1 atom stereocenters. The lowest BCUT2D eigenvalue weighted by molar-refractivity contribution is -0.117. The van der Waals surface area contributed by atoms with Crippen molar-refractivity contribution in [3.8, 4) is 0 Å². The summed E-state index contributed by atoms with van der Waals surface area (Å²) in [6.07, 6.45) is 1.78. The minimum atomic E-state index is -1.61. The summed E-state index contributed by atoms with van der Waals surface area (Å²) in [5.74, 6) is -4.68. The maximum atomic E-state index is 13.4. The van der Waals surface area contributed by atoms with E-state index in [0.717, 1.165) is 25.0 Å². The highest BCUT2D eigenvalue weighted by Crippen LogP contribution is 2.20. The fourth-order valence-electron chi connectivity index (χ4n) is 2.46. The molecule has 116 valence electrons. The summed E-state index contributed by atoms with van der Waals surface area (Å²) in [7, 11) is 0. The zero-order valence-electron chi connectivity index (χ0n) is 11.4. The van der Waals surface area contributed by atoms with E-state index in [-0.39, 0.29) is 24.8 Å². The van der Waals surface area contributed by atoms with Crippen molar-refractivity contribution < 1.29 is 23.1 Å². The van der Waals surface area contributed by atoms with E-state index in [1.54, 1.807) is 0 Å². The second-order valence-corrected chi connectivity index (χ2v) is 5.20. The molecule has 4 nitrogen and oxygen atoms in total. The van der Waals surface area contributed by atoms with Gasteiger partial charge in [-0.2, -0.15) is 0 Å². The van der Waals surface area contributed by atoms with Crippen LogP contribution in [0.2, 0.25) is 0 Å². The van der Waals surface area contributed by atoms with E-state index in [1.165, 1.54) is 0 Å². The molecule has 2 rings (SSSR count). The van der Waals surface area contributed by atoms with Gasteiger partial charge < -0.3 is 10.4 Å². The van der Waals surface area contributed by atoms with Gasteiger partial charge in [-0.05, 0) is 37.4 Å². The van der Waals surface area contributed by atoms with Crippen molar-refractivity contribution in [2.45, 2.75) is 12.8 Å². The number of anilines is 1. The number of amides is 1. The molecule has 0 aromatic heterocycles. The predicted molar refractivity (Wildman–Crippen MR) is 71.2 cm³/mol. The molecule has 1 saturated heterocycles. The Morgan fingerprint density at radius 1 is 1.33 bits per heavy atom. The number of aliphatic hydroxyl groups is 1. The predicted octanol–water partition coefficient (Wildman–Crippen LogP) is 1.75. The highest BCUT2D eigenvalue weighted by atomic mass is 19.2.